The van der Waals surface area contributed by atoms with Crippen LogP contribution < -0.4 is 10.6 Å². The van der Waals surface area contributed by atoms with E-state index in [1.807, 2.05) is 18.2 Å². The van der Waals surface area contributed by atoms with Gasteiger partial charge in [-0.1, -0.05) is 32.0 Å². The van der Waals surface area contributed by atoms with Crippen LogP contribution in [0.2, 0.25) is 0 Å². The van der Waals surface area contributed by atoms with Gasteiger partial charge in [0.1, 0.15) is 0 Å². The van der Waals surface area contributed by atoms with E-state index < -0.39 is 0 Å². The Morgan fingerprint density at radius 2 is 1.61 bits per heavy atom. The molecule has 0 fully saturated rings. The molecule has 0 aliphatic heterocycles. The third-order valence-electron chi connectivity index (χ3n) is 4.42. The molecule has 0 aliphatic rings. The number of anilines is 3. The van der Waals surface area contributed by atoms with E-state index in [-0.39, 0.29) is 5.91 Å². The maximum Gasteiger partial charge on any atom is 0.258 e. The molecule has 0 spiro atoms. The molecule has 0 bridgehead atoms. The van der Waals surface area contributed by atoms with Gasteiger partial charge < -0.3 is 10.6 Å². The molecule has 6 nitrogen and oxygen atoms in total. The molecule has 1 heterocycles. The highest BCUT2D eigenvalue weighted by Crippen LogP contribution is 2.23. The molecule has 3 rings (SSSR count). The van der Waals surface area contributed by atoms with E-state index in [0.717, 1.165) is 35.3 Å². The minimum atomic E-state index is -0.236. The van der Waals surface area contributed by atoms with Crippen molar-refractivity contribution < 1.29 is 4.79 Å². The lowest BCUT2D eigenvalue weighted by atomic mass is 10.0. The number of nitrogens with zero attached hydrogens (tertiary/aromatic N) is 3. The van der Waals surface area contributed by atoms with E-state index in [1.54, 1.807) is 24.3 Å². The highest BCUT2D eigenvalue weighted by Gasteiger charge is 2.12. The van der Waals surface area contributed by atoms with E-state index in [9.17, 15) is 4.79 Å². The van der Waals surface area contributed by atoms with Gasteiger partial charge in [-0.15, -0.1) is 0 Å². The van der Waals surface area contributed by atoms with E-state index in [1.165, 1.54) is 12.4 Å². The minimum absolute atomic E-state index is 0.236. The van der Waals surface area contributed by atoms with Crippen LogP contribution in [-0.2, 0) is 12.8 Å². The first-order chi connectivity index (χ1) is 13.6. The number of para-hydroxylation sites is 1. The molecular formula is C22H21N5O. The summed E-state index contributed by atoms with van der Waals surface area (Å²) >= 11 is 0. The Morgan fingerprint density at radius 3 is 2.14 bits per heavy atom. The predicted octanol–water partition coefficient (Wildman–Crippen LogP) is 4.47. The molecule has 0 saturated carbocycles. The molecule has 140 valence electrons. The van der Waals surface area contributed by atoms with Crippen molar-refractivity contribution in [2.45, 2.75) is 26.7 Å². The first-order valence-corrected chi connectivity index (χ1v) is 9.16. The summed E-state index contributed by atoms with van der Waals surface area (Å²) in [6.45, 7) is 4.13. The van der Waals surface area contributed by atoms with Gasteiger partial charge in [0.05, 0.1) is 17.2 Å². The summed E-state index contributed by atoms with van der Waals surface area (Å²) in [7, 11) is 0. The van der Waals surface area contributed by atoms with Gasteiger partial charge in [0.25, 0.3) is 5.91 Å². The molecule has 0 saturated heterocycles. The number of nitriles is 1. The van der Waals surface area contributed by atoms with Crippen molar-refractivity contribution in [2.75, 3.05) is 10.6 Å². The van der Waals surface area contributed by atoms with Gasteiger partial charge >= 0.3 is 0 Å². The molecule has 0 aliphatic carbocycles. The van der Waals surface area contributed by atoms with Crippen LogP contribution in [0.3, 0.4) is 0 Å². The lowest BCUT2D eigenvalue weighted by molar-refractivity contribution is 0.102. The van der Waals surface area contributed by atoms with Crippen LogP contribution in [0, 0.1) is 11.3 Å². The largest absolute Gasteiger partial charge is 0.324 e. The standard InChI is InChI=1S/C22H21N5O/c1-3-16-6-5-7-17(4-2)20(16)27-21(28)18-13-24-22(25-14-18)26-19-10-8-15(12-23)9-11-19/h5-11,13-14H,3-4H2,1-2H3,(H,27,28)(H,24,25,26). The van der Waals surface area contributed by atoms with Crippen molar-refractivity contribution in [3.8, 4) is 6.07 Å². The Balaban J connectivity index is 1.73. The van der Waals surface area contributed by atoms with Crippen LogP contribution >= 0.6 is 0 Å². The Hall–Kier alpha value is -3.72. The van der Waals surface area contributed by atoms with Gasteiger partial charge in [-0.25, -0.2) is 9.97 Å². The smallest absolute Gasteiger partial charge is 0.258 e. The third kappa shape index (κ3) is 4.33. The number of carbonyl (C=O) groups excluding carboxylic acids is 1. The van der Waals surface area contributed by atoms with Crippen molar-refractivity contribution in [3.63, 3.8) is 0 Å². The first-order valence-electron chi connectivity index (χ1n) is 9.16. The van der Waals surface area contributed by atoms with Gasteiger partial charge in [-0.2, -0.15) is 5.26 Å². The molecule has 28 heavy (non-hydrogen) atoms. The highest BCUT2D eigenvalue weighted by atomic mass is 16.1. The molecule has 1 aromatic heterocycles. The molecule has 1 amide bonds. The Labute approximate surface area is 164 Å². The van der Waals surface area contributed by atoms with Gasteiger partial charge in [0.15, 0.2) is 0 Å². The van der Waals surface area contributed by atoms with E-state index in [2.05, 4.69) is 40.5 Å². The zero-order chi connectivity index (χ0) is 19.9. The second-order valence-electron chi connectivity index (χ2n) is 6.22. The van der Waals surface area contributed by atoms with Crippen molar-refractivity contribution >= 4 is 23.2 Å². The zero-order valence-electron chi connectivity index (χ0n) is 15.9. The zero-order valence-corrected chi connectivity index (χ0v) is 15.9. The Morgan fingerprint density at radius 1 is 1.00 bits per heavy atom. The van der Waals surface area contributed by atoms with Crippen molar-refractivity contribution in [3.05, 3.63) is 77.1 Å². The maximum absolute atomic E-state index is 12.6. The van der Waals surface area contributed by atoms with Crippen molar-refractivity contribution in [1.29, 1.82) is 5.26 Å². The van der Waals surface area contributed by atoms with E-state index in [4.69, 9.17) is 5.26 Å². The number of rotatable bonds is 6. The van der Waals surface area contributed by atoms with Crippen molar-refractivity contribution in [1.82, 2.24) is 9.97 Å². The third-order valence-corrected chi connectivity index (χ3v) is 4.42. The molecule has 2 N–H and O–H groups in total. The molecule has 0 radical (unpaired) electrons. The number of benzene rings is 2. The maximum atomic E-state index is 12.6. The molecule has 0 unspecified atom stereocenters. The number of hydrogen-bond acceptors (Lipinski definition) is 5. The number of amides is 1. The summed E-state index contributed by atoms with van der Waals surface area (Å²) in [5, 5.41) is 14.9. The van der Waals surface area contributed by atoms with Gasteiger partial charge in [-0.3, -0.25) is 4.79 Å². The summed E-state index contributed by atoms with van der Waals surface area (Å²) in [6.07, 6.45) is 4.67. The summed E-state index contributed by atoms with van der Waals surface area (Å²) in [6, 6.07) is 15.1. The second kappa shape index (κ2) is 8.78. The lowest BCUT2D eigenvalue weighted by Crippen LogP contribution is -2.15. The number of carbonyl (C=O) groups is 1. The quantitative estimate of drug-likeness (QED) is 0.667. The number of aromatic nitrogens is 2. The first kappa shape index (κ1) is 19.1. The van der Waals surface area contributed by atoms with E-state index in [0.29, 0.717) is 17.1 Å². The van der Waals surface area contributed by atoms with E-state index >= 15 is 0 Å². The summed E-state index contributed by atoms with van der Waals surface area (Å²) in [5.41, 5.74) is 4.81. The Bertz CT molecular complexity index is 982. The Kier molecular flexibility index (Phi) is 5.97. The van der Waals surface area contributed by atoms with Crippen LogP contribution in [0.1, 0.15) is 40.9 Å². The number of hydrogen-bond donors (Lipinski definition) is 2. The molecule has 2 aromatic carbocycles. The van der Waals surface area contributed by atoms with Crippen LogP contribution in [0.25, 0.3) is 0 Å². The van der Waals surface area contributed by atoms with Crippen LogP contribution in [-0.4, -0.2) is 15.9 Å². The molecule has 0 atom stereocenters. The van der Waals surface area contributed by atoms with Crippen molar-refractivity contribution in [2.24, 2.45) is 0 Å². The lowest BCUT2D eigenvalue weighted by Gasteiger charge is -2.14. The highest BCUT2D eigenvalue weighted by molar-refractivity contribution is 6.04. The fraction of sp³-hybridized carbons (Fsp3) is 0.182. The van der Waals surface area contributed by atoms with Crippen LogP contribution in [0.4, 0.5) is 17.3 Å². The topological polar surface area (TPSA) is 90.7 Å². The number of nitrogens with one attached hydrogen (secondary N) is 2. The molecular weight excluding hydrogens is 350 g/mol. The summed E-state index contributed by atoms with van der Waals surface area (Å²) in [5.74, 6) is 0.144. The van der Waals surface area contributed by atoms with Crippen LogP contribution in [0.15, 0.2) is 54.9 Å². The average molecular weight is 371 g/mol. The predicted molar refractivity (Wildman–Crippen MR) is 110 cm³/mol. The second-order valence-corrected chi connectivity index (χ2v) is 6.22. The van der Waals surface area contributed by atoms with Gasteiger partial charge in [0, 0.05) is 23.8 Å². The van der Waals surface area contributed by atoms with Gasteiger partial charge in [-0.05, 0) is 48.2 Å². The summed E-state index contributed by atoms with van der Waals surface area (Å²) in [4.78, 5) is 21.1. The molecule has 6 heteroatoms. The van der Waals surface area contributed by atoms with Crippen LogP contribution in [0.5, 0.6) is 0 Å². The average Bonchev–Trinajstić information content (AvgIpc) is 2.75. The fourth-order valence-electron chi connectivity index (χ4n) is 2.86. The normalized spacial score (nSPS) is 10.2. The SMILES string of the molecule is CCc1cccc(CC)c1NC(=O)c1cnc(Nc2ccc(C#N)cc2)nc1. The molecule has 3 aromatic rings. The van der Waals surface area contributed by atoms with Gasteiger partial charge in [0.2, 0.25) is 5.95 Å². The summed E-state index contributed by atoms with van der Waals surface area (Å²) < 4.78 is 0. The monoisotopic (exact) mass is 371 g/mol. The fourth-order valence-corrected chi connectivity index (χ4v) is 2.86. The minimum Gasteiger partial charge on any atom is -0.324 e. The number of aryl methyl sites for hydroxylation is 2.